The van der Waals surface area contributed by atoms with Crippen molar-refractivity contribution in [3.05, 3.63) is 53.8 Å². The van der Waals surface area contributed by atoms with Gasteiger partial charge < -0.3 is 15.7 Å². The maximum Gasteiger partial charge on any atom is 0.176 e. The summed E-state index contributed by atoms with van der Waals surface area (Å²) in [6.45, 7) is 0. The van der Waals surface area contributed by atoms with Crippen LogP contribution >= 0.6 is 11.8 Å². The van der Waals surface area contributed by atoms with E-state index in [1.54, 1.807) is 12.1 Å². The molecule has 0 radical (unpaired) electrons. The van der Waals surface area contributed by atoms with E-state index in [4.69, 9.17) is 15.7 Å². The molecule has 0 fully saturated rings. The Morgan fingerprint density at radius 2 is 1.90 bits per heavy atom. The second-order valence-electron chi connectivity index (χ2n) is 3.85. The molecule has 0 unspecified atom stereocenters. The number of rotatable bonds is 4. The molecule has 0 aromatic heterocycles. The molecule has 0 atom stereocenters. The van der Waals surface area contributed by atoms with Crippen LogP contribution in [0.1, 0.15) is 5.56 Å². The molecule has 0 aliphatic heterocycles. The summed E-state index contributed by atoms with van der Waals surface area (Å²) in [6, 6.07) is 11.6. The van der Waals surface area contributed by atoms with Crippen LogP contribution in [0.5, 0.6) is 11.5 Å². The van der Waals surface area contributed by atoms with E-state index in [-0.39, 0.29) is 17.1 Å². The number of benzene rings is 2. The minimum absolute atomic E-state index is 0.0640. The van der Waals surface area contributed by atoms with Crippen molar-refractivity contribution in [2.75, 3.05) is 6.26 Å². The van der Waals surface area contributed by atoms with Gasteiger partial charge in [0.25, 0.3) is 0 Å². The summed E-state index contributed by atoms with van der Waals surface area (Å²) in [5.74, 6) is -0.168. The molecule has 0 saturated heterocycles. The van der Waals surface area contributed by atoms with Gasteiger partial charge in [-0.15, -0.1) is 11.8 Å². The molecule has 0 saturated carbocycles. The fraction of sp³-hybridized carbons (Fsp3) is 0.0714. The van der Waals surface area contributed by atoms with E-state index in [0.717, 1.165) is 4.90 Å². The lowest BCUT2D eigenvalue weighted by atomic mass is 10.1. The van der Waals surface area contributed by atoms with Gasteiger partial charge in [-0.2, -0.15) is 0 Å². The zero-order valence-electron chi connectivity index (χ0n) is 10.7. The molecule has 20 heavy (non-hydrogen) atoms. The summed E-state index contributed by atoms with van der Waals surface area (Å²) in [4.78, 5) is 0.905. The van der Waals surface area contributed by atoms with Crippen LogP contribution in [0.15, 0.2) is 52.5 Å². The van der Waals surface area contributed by atoms with Gasteiger partial charge in [0.1, 0.15) is 17.3 Å². The monoisotopic (exact) mass is 292 g/mol. The van der Waals surface area contributed by atoms with Gasteiger partial charge in [-0.25, -0.2) is 4.39 Å². The highest BCUT2D eigenvalue weighted by Gasteiger charge is 2.15. The van der Waals surface area contributed by atoms with E-state index in [1.165, 1.54) is 23.9 Å². The Labute approximate surface area is 120 Å². The summed E-state index contributed by atoms with van der Waals surface area (Å²) in [5, 5.41) is 11.6. The Morgan fingerprint density at radius 1 is 1.20 bits per heavy atom. The van der Waals surface area contributed by atoms with E-state index in [2.05, 4.69) is 5.16 Å². The molecular weight excluding hydrogens is 279 g/mol. The quantitative estimate of drug-likeness (QED) is 0.298. The molecule has 2 aromatic rings. The predicted molar refractivity (Wildman–Crippen MR) is 77.2 cm³/mol. The molecule has 0 aliphatic carbocycles. The Hall–Kier alpha value is -2.21. The average Bonchev–Trinajstić information content (AvgIpc) is 2.47. The SMILES string of the molecule is CSc1ccccc1Oc1cccc(F)c1C(N)=NO. The van der Waals surface area contributed by atoms with E-state index in [1.807, 2.05) is 24.5 Å². The third-order valence-corrected chi connectivity index (χ3v) is 3.41. The Morgan fingerprint density at radius 3 is 2.60 bits per heavy atom. The van der Waals surface area contributed by atoms with E-state index in [9.17, 15) is 4.39 Å². The van der Waals surface area contributed by atoms with Gasteiger partial charge in [0, 0.05) is 4.90 Å². The van der Waals surface area contributed by atoms with Crippen LogP contribution in [0.2, 0.25) is 0 Å². The smallest absolute Gasteiger partial charge is 0.176 e. The summed E-state index contributed by atoms with van der Waals surface area (Å²) in [5.41, 5.74) is 5.43. The van der Waals surface area contributed by atoms with Gasteiger partial charge in [-0.1, -0.05) is 23.4 Å². The van der Waals surface area contributed by atoms with Crippen LogP contribution in [-0.4, -0.2) is 17.3 Å². The molecule has 0 spiro atoms. The van der Waals surface area contributed by atoms with E-state index in [0.29, 0.717) is 5.75 Å². The minimum Gasteiger partial charge on any atom is -0.455 e. The number of para-hydroxylation sites is 1. The lowest BCUT2D eigenvalue weighted by molar-refractivity contribution is 0.318. The van der Waals surface area contributed by atoms with Crippen molar-refractivity contribution in [3.8, 4) is 11.5 Å². The third-order valence-electron chi connectivity index (χ3n) is 2.63. The second-order valence-corrected chi connectivity index (χ2v) is 4.70. The van der Waals surface area contributed by atoms with Crippen LogP contribution < -0.4 is 10.5 Å². The summed E-state index contributed by atoms with van der Waals surface area (Å²) in [6.07, 6.45) is 1.91. The molecule has 3 N–H and O–H groups in total. The molecule has 0 bridgehead atoms. The number of hydrogen-bond acceptors (Lipinski definition) is 4. The van der Waals surface area contributed by atoms with Crippen LogP contribution in [0, 0.1) is 5.82 Å². The van der Waals surface area contributed by atoms with Crippen LogP contribution in [-0.2, 0) is 0 Å². The Bertz CT molecular complexity index is 647. The first-order valence-corrected chi connectivity index (χ1v) is 6.97. The van der Waals surface area contributed by atoms with Gasteiger partial charge in [-0.3, -0.25) is 0 Å². The normalized spacial score (nSPS) is 11.4. The molecule has 2 aromatic carbocycles. The standard InChI is InChI=1S/C14H13FN2O2S/c1-20-12-8-3-2-6-10(12)19-11-7-4-5-9(15)13(11)14(16)17-18/h2-8,18H,1H3,(H2,16,17). The lowest BCUT2D eigenvalue weighted by Crippen LogP contribution is -2.16. The van der Waals surface area contributed by atoms with Gasteiger partial charge in [0.2, 0.25) is 0 Å². The number of oxime groups is 1. The van der Waals surface area contributed by atoms with Crippen molar-refractivity contribution in [2.24, 2.45) is 10.9 Å². The number of nitrogens with zero attached hydrogens (tertiary/aromatic N) is 1. The van der Waals surface area contributed by atoms with Crippen molar-refractivity contribution in [3.63, 3.8) is 0 Å². The van der Waals surface area contributed by atoms with Crippen LogP contribution in [0.25, 0.3) is 0 Å². The predicted octanol–water partition coefficient (Wildman–Crippen LogP) is 3.43. The average molecular weight is 292 g/mol. The van der Waals surface area contributed by atoms with Crippen LogP contribution in [0.3, 0.4) is 0 Å². The van der Waals surface area contributed by atoms with Crippen molar-refractivity contribution < 1.29 is 14.3 Å². The highest BCUT2D eigenvalue weighted by Crippen LogP contribution is 2.33. The Balaban J connectivity index is 2.46. The summed E-state index contributed by atoms with van der Waals surface area (Å²) in [7, 11) is 0. The highest BCUT2D eigenvalue weighted by molar-refractivity contribution is 7.98. The summed E-state index contributed by atoms with van der Waals surface area (Å²) >= 11 is 1.51. The maximum atomic E-state index is 13.8. The fourth-order valence-electron chi connectivity index (χ4n) is 1.71. The highest BCUT2D eigenvalue weighted by atomic mass is 32.2. The number of amidine groups is 1. The second kappa shape index (κ2) is 6.29. The van der Waals surface area contributed by atoms with Gasteiger partial charge in [0.05, 0.1) is 5.56 Å². The van der Waals surface area contributed by atoms with Crippen molar-refractivity contribution in [1.82, 2.24) is 0 Å². The number of ether oxygens (including phenoxy) is 1. The van der Waals surface area contributed by atoms with Gasteiger partial charge in [0.15, 0.2) is 5.84 Å². The van der Waals surface area contributed by atoms with E-state index < -0.39 is 5.82 Å². The van der Waals surface area contributed by atoms with Gasteiger partial charge >= 0.3 is 0 Å². The molecule has 0 aliphatic rings. The fourth-order valence-corrected chi connectivity index (χ4v) is 2.24. The zero-order chi connectivity index (χ0) is 14.5. The van der Waals surface area contributed by atoms with Crippen LogP contribution in [0.4, 0.5) is 4.39 Å². The number of halogens is 1. The number of nitrogens with two attached hydrogens (primary N) is 1. The minimum atomic E-state index is -0.612. The third kappa shape index (κ3) is 2.85. The topological polar surface area (TPSA) is 67.8 Å². The van der Waals surface area contributed by atoms with Crippen molar-refractivity contribution in [2.45, 2.75) is 4.90 Å². The van der Waals surface area contributed by atoms with Crippen molar-refractivity contribution >= 4 is 17.6 Å². The summed E-state index contributed by atoms with van der Waals surface area (Å²) < 4.78 is 19.5. The molecule has 4 nitrogen and oxygen atoms in total. The Kier molecular flexibility index (Phi) is 4.47. The molecular formula is C14H13FN2O2S. The largest absolute Gasteiger partial charge is 0.455 e. The molecule has 104 valence electrons. The first-order chi connectivity index (χ1) is 9.67. The lowest BCUT2D eigenvalue weighted by Gasteiger charge is -2.13. The molecule has 0 heterocycles. The molecule has 6 heteroatoms. The number of hydrogen-bond donors (Lipinski definition) is 2. The molecule has 2 rings (SSSR count). The van der Waals surface area contributed by atoms with Gasteiger partial charge in [-0.05, 0) is 30.5 Å². The first kappa shape index (κ1) is 14.2. The maximum absolute atomic E-state index is 13.8. The first-order valence-electron chi connectivity index (χ1n) is 5.74. The van der Waals surface area contributed by atoms with Crippen molar-refractivity contribution in [1.29, 1.82) is 0 Å². The zero-order valence-corrected chi connectivity index (χ0v) is 11.5. The van der Waals surface area contributed by atoms with E-state index >= 15 is 0 Å². The number of thioether (sulfide) groups is 1. The molecule has 0 amide bonds.